The lowest BCUT2D eigenvalue weighted by Gasteiger charge is -2.22. The second-order valence-electron chi connectivity index (χ2n) is 5.80. The average molecular weight is 244 g/mol. The van der Waals surface area contributed by atoms with Crippen molar-refractivity contribution >= 4 is 5.97 Å². The summed E-state index contributed by atoms with van der Waals surface area (Å²) in [5.74, 6) is -0.216. The van der Waals surface area contributed by atoms with Crippen molar-refractivity contribution in [1.29, 1.82) is 0 Å². The molecule has 0 fully saturated rings. The van der Waals surface area contributed by atoms with Crippen LogP contribution in [0.25, 0.3) is 0 Å². The highest BCUT2D eigenvalue weighted by atomic mass is 16.6. The first kappa shape index (κ1) is 16.4. The third-order valence-corrected chi connectivity index (χ3v) is 2.22. The van der Waals surface area contributed by atoms with E-state index >= 15 is 0 Å². The Morgan fingerprint density at radius 2 is 1.94 bits per heavy atom. The van der Waals surface area contributed by atoms with Gasteiger partial charge >= 0.3 is 5.97 Å². The molecule has 0 aromatic carbocycles. The molecule has 0 aromatic rings. The molecule has 102 valence electrons. The Kier molecular flexibility index (Phi) is 7.39. The minimum atomic E-state index is -0.393. The molecular formula is C13H28N2O2. The summed E-state index contributed by atoms with van der Waals surface area (Å²) < 4.78 is 5.31. The van der Waals surface area contributed by atoms with Crippen LogP contribution in [-0.2, 0) is 9.53 Å². The van der Waals surface area contributed by atoms with Gasteiger partial charge in [-0.3, -0.25) is 4.79 Å². The lowest BCUT2D eigenvalue weighted by molar-refractivity contribution is -0.159. The SMILES string of the molecule is C[C@@H](CNCCCN(C)C)C(=O)OC(C)(C)C. The maximum Gasteiger partial charge on any atom is 0.310 e. The van der Waals surface area contributed by atoms with Gasteiger partial charge in [-0.1, -0.05) is 6.92 Å². The van der Waals surface area contributed by atoms with E-state index in [-0.39, 0.29) is 11.9 Å². The normalized spacial score (nSPS) is 13.8. The van der Waals surface area contributed by atoms with Gasteiger partial charge in [-0.15, -0.1) is 0 Å². The zero-order chi connectivity index (χ0) is 13.5. The maximum atomic E-state index is 11.7. The Balaban J connectivity index is 3.65. The van der Waals surface area contributed by atoms with Gasteiger partial charge < -0.3 is 15.0 Å². The summed E-state index contributed by atoms with van der Waals surface area (Å²) in [7, 11) is 4.12. The van der Waals surface area contributed by atoms with Crippen LogP contribution in [-0.4, -0.2) is 50.2 Å². The van der Waals surface area contributed by atoms with Crippen LogP contribution in [0.2, 0.25) is 0 Å². The molecule has 0 unspecified atom stereocenters. The van der Waals surface area contributed by atoms with Crippen LogP contribution in [0.15, 0.2) is 0 Å². The Morgan fingerprint density at radius 3 is 2.41 bits per heavy atom. The quantitative estimate of drug-likeness (QED) is 0.544. The van der Waals surface area contributed by atoms with Crippen molar-refractivity contribution in [3.63, 3.8) is 0 Å². The molecule has 0 aliphatic rings. The first-order valence-electron chi connectivity index (χ1n) is 6.30. The summed E-state index contributed by atoms with van der Waals surface area (Å²) in [5, 5.41) is 3.28. The van der Waals surface area contributed by atoms with E-state index in [1.165, 1.54) is 0 Å². The van der Waals surface area contributed by atoms with E-state index in [9.17, 15) is 4.79 Å². The van der Waals surface area contributed by atoms with Gasteiger partial charge in [-0.05, 0) is 54.4 Å². The molecule has 0 rings (SSSR count). The number of hydrogen-bond acceptors (Lipinski definition) is 4. The van der Waals surface area contributed by atoms with E-state index in [0.717, 1.165) is 19.5 Å². The van der Waals surface area contributed by atoms with Crippen LogP contribution in [0.3, 0.4) is 0 Å². The summed E-state index contributed by atoms with van der Waals surface area (Å²) in [4.78, 5) is 13.8. The molecule has 0 heterocycles. The highest BCUT2D eigenvalue weighted by molar-refractivity contribution is 5.72. The molecule has 0 bridgehead atoms. The van der Waals surface area contributed by atoms with Crippen molar-refractivity contribution in [3.8, 4) is 0 Å². The molecule has 0 amide bonds. The van der Waals surface area contributed by atoms with Crippen molar-refractivity contribution < 1.29 is 9.53 Å². The Bertz CT molecular complexity index is 222. The second kappa shape index (κ2) is 7.67. The molecule has 1 N–H and O–H groups in total. The standard InChI is InChI=1S/C13H28N2O2/c1-11(12(16)17-13(2,3)4)10-14-8-7-9-15(5)6/h11,14H,7-10H2,1-6H3/t11-/m0/s1. The third-order valence-electron chi connectivity index (χ3n) is 2.22. The van der Waals surface area contributed by atoms with Gasteiger partial charge in [0, 0.05) is 6.54 Å². The van der Waals surface area contributed by atoms with Crippen LogP contribution in [0.5, 0.6) is 0 Å². The Hall–Kier alpha value is -0.610. The van der Waals surface area contributed by atoms with E-state index in [1.54, 1.807) is 0 Å². The number of carbonyl (C=O) groups excluding carboxylic acids is 1. The summed E-state index contributed by atoms with van der Waals surface area (Å²) in [6, 6.07) is 0. The Labute approximate surface area is 106 Å². The van der Waals surface area contributed by atoms with Crippen molar-refractivity contribution in [3.05, 3.63) is 0 Å². The monoisotopic (exact) mass is 244 g/mol. The van der Waals surface area contributed by atoms with E-state index < -0.39 is 5.60 Å². The lowest BCUT2D eigenvalue weighted by atomic mass is 10.1. The van der Waals surface area contributed by atoms with Gasteiger partial charge in [-0.25, -0.2) is 0 Å². The fraction of sp³-hybridized carbons (Fsp3) is 0.923. The molecule has 0 saturated heterocycles. The zero-order valence-electron chi connectivity index (χ0n) is 12.2. The number of rotatable bonds is 7. The van der Waals surface area contributed by atoms with Crippen LogP contribution in [0.4, 0.5) is 0 Å². The minimum Gasteiger partial charge on any atom is -0.460 e. The van der Waals surface area contributed by atoms with Crippen LogP contribution in [0, 0.1) is 5.92 Å². The number of carbonyl (C=O) groups is 1. The molecule has 0 aromatic heterocycles. The van der Waals surface area contributed by atoms with E-state index in [2.05, 4.69) is 24.3 Å². The molecule has 4 heteroatoms. The van der Waals surface area contributed by atoms with Gasteiger partial charge in [-0.2, -0.15) is 0 Å². The van der Waals surface area contributed by atoms with Crippen molar-refractivity contribution in [1.82, 2.24) is 10.2 Å². The predicted molar refractivity (Wildman–Crippen MR) is 71.0 cm³/mol. The zero-order valence-corrected chi connectivity index (χ0v) is 12.2. The summed E-state index contributed by atoms with van der Waals surface area (Å²) in [5.41, 5.74) is -0.393. The van der Waals surface area contributed by atoms with Gasteiger partial charge in [0.1, 0.15) is 5.60 Å². The molecule has 0 spiro atoms. The molecule has 0 saturated carbocycles. The summed E-state index contributed by atoms with van der Waals surface area (Å²) in [6.45, 7) is 10.3. The fourth-order valence-electron chi connectivity index (χ4n) is 1.32. The summed E-state index contributed by atoms with van der Waals surface area (Å²) in [6.07, 6.45) is 1.09. The van der Waals surface area contributed by atoms with E-state index in [0.29, 0.717) is 6.54 Å². The van der Waals surface area contributed by atoms with Crippen molar-refractivity contribution in [2.24, 2.45) is 5.92 Å². The molecule has 0 radical (unpaired) electrons. The highest BCUT2D eigenvalue weighted by Crippen LogP contribution is 2.10. The minimum absolute atomic E-state index is 0.0893. The molecule has 1 atom stereocenters. The molecule has 0 aliphatic carbocycles. The van der Waals surface area contributed by atoms with Crippen molar-refractivity contribution in [2.75, 3.05) is 33.7 Å². The molecule has 17 heavy (non-hydrogen) atoms. The second-order valence-corrected chi connectivity index (χ2v) is 5.80. The fourth-order valence-corrected chi connectivity index (χ4v) is 1.32. The van der Waals surface area contributed by atoms with Crippen LogP contribution >= 0.6 is 0 Å². The molecule has 4 nitrogen and oxygen atoms in total. The predicted octanol–water partition coefficient (Wildman–Crippen LogP) is 1.51. The van der Waals surface area contributed by atoms with Crippen molar-refractivity contribution in [2.45, 2.75) is 39.7 Å². The van der Waals surface area contributed by atoms with Gasteiger partial charge in [0.25, 0.3) is 0 Å². The third kappa shape index (κ3) is 10.3. The topological polar surface area (TPSA) is 41.6 Å². The number of nitrogens with zero attached hydrogens (tertiary/aromatic N) is 1. The Morgan fingerprint density at radius 1 is 1.35 bits per heavy atom. The van der Waals surface area contributed by atoms with E-state index in [1.807, 2.05) is 27.7 Å². The molecule has 0 aliphatic heterocycles. The van der Waals surface area contributed by atoms with Gasteiger partial charge in [0.15, 0.2) is 0 Å². The summed E-state index contributed by atoms with van der Waals surface area (Å²) >= 11 is 0. The van der Waals surface area contributed by atoms with Crippen LogP contribution in [0.1, 0.15) is 34.1 Å². The number of esters is 1. The highest BCUT2D eigenvalue weighted by Gasteiger charge is 2.21. The van der Waals surface area contributed by atoms with Gasteiger partial charge in [0.05, 0.1) is 5.92 Å². The first-order valence-corrected chi connectivity index (χ1v) is 6.30. The van der Waals surface area contributed by atoms with Crippen LogP contribution < -0.4 is 5.32 Å². The first-order chi connectivity index (χ1) is 7.72. The largest absolute Gasteiger partial charge is 0.460 e. The molecular weight excluding hydrogens is 216 g/mol. The maximum absolute atomic E-state index is 11.7. The number of nitrogens with one attached hydrogen (secondary N) is 1. The van der Waals surface area contributed by atoms with E-state index in [4.69, 9.17) is 4.74 Å². The number of ether oxygens (including phenoxy) is 1. The lowest BCUT2D eigenvalue weighted by Crippen LogP contribution is -2.33. The average Bonchev–Trinajstić information content (AvgIpc) is 2.13. The van der Waals surface area contributed by atoms with Gasteiger partial charge in [0.2, 0.25) is 0 Å². The smallest absolute Gasteiger partial charge is 0.310 e. The number of hydrogen-bond donors (Lipinski definition) is 1.